The third kappa shape index (κ3) is 3.42. The number of carbonyl (C=O) groups is 1. The van der Waals surface area contributed by atoms with Gasteiger partial charge in [0.25, 0.3) is 0 Å². The molecular weight excluding hydrogens is 260 g/mol. The Bertz CT molecular complexity index is 595. The molecule has 0 atom stereocenters. The van der Waals surface area contributed by atoms with E-state index in [2.05, 4.69) is 29.2 Å². The first-order chi connectivity index (χ1) is 10.2. The predicted molar refractivity (Wildman–Crippen MR) is 84.2 cm³/mol. The lowest BCUT2D eigenvalue weighted by atomic mass is 9.89. The third-order valence-corrected chi connectivity index (χ3v) is 4.32. The van der Waals surface area contributed by atoms with Crippen molar-refractivity contribution in [2.45, 2.75) is 19.4 Å². The van der Waals surface area contributed by atoms with Gasteiger partial charge in [0.15, 0.2) is 5.78 Å². The standard InChI is InChI=1S/C18H22N2O/c1-19-10-7-17(14-19)18(21)16-8-11-20(12-9-16)13-15-5-3-2-4-6-15/h2-7,10,14,16H,8-9,11-13H2,1H3. The zero-order chi connectivity index (χ0) is 14.7. The zero-order valence-corrected chi connectivity index (χ0v) is 12.5. The molecule has 0 bridgehead atoms. The van der Waals surface area contributed by atoms with Gasteiger partial charge in [0.05, 0.1) is 0 Å². The lowest BCUT2D eigenvalue weighted by Gasteiger charge is -2.31. The number of aromatic nitrogens is 1. The molecule has 1 aromatic heterocycles. The van der Waals surface area contributed by atoms with Crippen LogP contribution in [0.1, 0.15) is 28.8 Å². The highest BCUT2D eigenvalue weighted by molar-refractivity contribution is 5.97. The highest BCUT2D eigenvalue weighted by atomic mass is 16.1. The van der Waals surface area contributed by atoms with Crippen LogP contribution < -0.4 is 0 Å². The number of ketones is 1. The van der Waals surface area contributed by atoms with Gasteiger partial charge in [-0.05, 0) is 37.6 Å². The lowest BCUT2D eigenvalue weighted by Crippen LogP contribution is -2.35. The van der Waals surface area contributed by atoms with Crippen molar-refractivity contribution in [3.05, 3.63) is 59.9 Å². The first-order valence-electron chi connectivity index (χ1n) is 7.65. The fraction of sp³-hybridized carbons (Fsp3) is 0.389. The summed E-state index contributed by atoms with van der Waals surface area (Å²) in [5.74, 6) is 0.509. The maximum absolute atomic E-state index is 12.4. The maximum atomic E-state index is 12.4. The van der Waals surface area contributed by atoms with E-state index >= 15 is 0 Å². The molecule has 0 aliphatic carbocycles. The smallest absolute Gasteiger partial charge is 0.167 e. The fourth-order valence-electron chi connectivity index (χ4n) is 3.08. The number of rotatable bonds is 4. The summed E-state index contributed by atoms with van der Waals surface area (Å²) in [6, 6.07) is 12.5. The third-order valence-electron chi connectivity index (χ3n) is 4.32. The second-order valence-corrected chi connectivity index (χ2v) is 5.97. The maximum Gasteiger partial charge on any atom is 0.167 e. The molecule has 1 aliphatic heterocycles. The Morgan fingerprint density at radius 1 is 1.14 bits per heavy atom. The van der Waals surface area contributed by atoms with Gasteiger partial charge in [0.2, 0.25) is 0 Å². The van der Waals surface area contributed by atoms with Crippen LogP contribution in [-0.2, 0) is 13.6 Å². The second kappa shape index (κ2) is 6.27. The minimum absolute atomic E-state index is 0.194. The molecule has 2 heterocycles. The summed E-state index contributed by atoms with van der Waals surface area (Å²) in [7, 11) is 1.96. The van der Waals surface area contributed by atoms with Crippen molar-refractivity contribution in [2.24, 2.45) is 13.0 Å². The van der Waals surface area contributed by atoms with Crippen LogP contribution in [0.15, 0.2) is 48.8 Å². The summed E-state index contributed by atoms with van der Waals surface area (Å²) in [6.45, 7) is 3.02. The van der Waals surface area contributed by atoms with Gasteiger partial charge >= 0.3 is 0 Å². The Labute approximate surface area is 126 Å². The van der Waals surface area contributed by atoms with Crippen LogP contribution >= 0.6 is 0 Å². The number of piperidine rings is 1. The number of aryl methyl sites for hydroxylation is 1. The van der Waals surface area contributed by atoms with E-state index < -0.39 is 0 Å². The number of likely N-dealkylation sites (tertiary alicyclic amines) is 1. The minimum Gasteiger partial charge on any atom is -0.357 e. The molecule has 0 amide bonds. The molecule has 0 saturated carbocycles. The van der Waals surface area contributed by atoms with E-state index in [0.717, 1.165) is 38.0 Å². The highest BCUT2D eigenvalue weighted by Gasteiger charge is 2.26. The molecule has 1 aliphatic rings. The van der Waals surface area contributed by atoms with E-state index in [0.29, 0.717) is 5.78 Å². The summed E-state index contributed by atoms with van der Waals surface area (Å²) in [5, 5.41) is 0. The van der Waals surface area contributed by atoms with E-state index in [4.69, 9.17) is 0 Å². The van der Waals surface area contributed by atoms with Gasteiger partial charge < -0.3 is 4.57 Å². The Morgan fingerprint density at radius 2 is 1.86 bits per heavy atom. The monoisotopic (exact) mass is 282 g/mol. The van der Waals surface area contributed by atoms with Gasteiger partial charge in [-0.25, -0.2) is 0 Å². The minimum atomic E-state index is 0.194. The lowest BCUT2D eigenvalue weighted by molar-refractivity contribution is 0.0835. The number of Topliss-reactive ketones (excluding diaryl/α,β-unsaturated/α-hetero) is 1. The van der Waals surface area contributed by atoms with Crippen molar-refractivity contribution in [2.75, 3.05) is 13.1 Å². The quantitative estimate of drug-likeness (QED) is 0.805. The summed E-state index contributed by atoms with van der Waals surface area (Å²) in [4.78, 5) is 14.9. The van der Waals surface area contributed by atoms with Crippen LogP contribution in [0.2, 0.25) is 0 Å². The van der Waals surface area contributed by atoms with E-state index in [-0.39, 0.29) is 5.92 Å². The number of hydrogen-bond acceptors (Lipinski definition) is 2. The van der Waals surface area contributed by atoms with Crippen LogP contribution in [-0.4, -0.2) is 28.3 Å². The van der Waals surface area contributed by atoms with Crippen LogP contribution in [0.25, 0.3) is 0 Å². The summed E-state index contributed by atoms with van der Waals surface area (Å²) >= 11 is 0. The van der Waals surface area contributed by atoms with Crippen LogP contribution in [0.3, 0.4) is 0 Å². The Balaban J connectivity index is 1.54. The average Bonchev–Trinajstić information content (AvgIpc) is 2.95. The number of benzene rings is 1. The Hall–Kier alpha value is -1.87. The van der Waals surface area contributed by atoms with E-state index in [1.54, 1.807) is 0 Å². The molecule has 3 heteroatoms. The van der Waals surface area contributed by atoms with Gasteiger partial charge in [0.1, 0.15) is 0 Å². The van der Waals surface area contributed by atoms with E-state index in [1.807, 2.05) is 36.1 Å². The molecule has 1 fully saturated rings. The first-order valence-corrected chi connectivity index (χ1v) is 7.65. The molecule has 2 aromatic rings. The van der Waals surface area contributed by atoms with Crippen molar-refractivity contribution in [3.63, 3.8) is 0 Å². The number of carbonyl (C=O) groups excluding carboxylic acids is 1. The summed E-state index contributed by atoms with van der Waals surface area (Å²) in [5.41, 5.74) is 2.21. The Kier molecular flexibility index (Phi) is 4.20. The van der Waals surface area contributed by atoms with Crippen LogP contribution in [0.5, 0.6) is 0 Å². The van der Waals surface area contributed by atoms with Gasteiger partial charge in [-0.2, -0.15) is 0 Å². The number of hydrogen-bond donors (Lipinski definition) is 0. The highest BCUT2D eigenvalue weighted by Crippen LogP contribution is 2.23. The summed E-state index contributed by atoms with van der Waals surface area (Å²) < 4.78 is 1.94. The molecule has 3 rings (SSSR count). The molecule has 110 valence electrons. The van der Waals surface area contributed by atoms with Gasteiger partial charge in [-0.1, -0.05) is 30.3 Å². The van der Waals surface area contributed by atoms with Crippen LogP contribution in [0, 0.1) is 5.92 Å². The molecule has 0 unspecified atom stereocenters. The van der Waals surface area contributed by atoms with Gasteiger partial charge in [-0.15, -0.1) is 0 Å². The topological polar surface area (TPSA) is 25.2 Å². The largest absolute Gasteiger partial charge is 0.357 e. The fourth-order valence-corrected chi connectivity index (χ4v) is 3.08. The number of nitrogens with zero attached hydrogens (tertiary/aromatic N) is 2. The molecule has 0 N–H and O–H groups in total. The second-order valence-electron chi connectivity index (χ2n) is 5.97. The van der Waals surface area contributed by atoms with E-state index in [1.165, 1.54) is 5.56 Å². The predicted octanol–water partition coefficient (Wildman–Crippen LogP) is 3.12. The summed E-state index contributed by atoms with van der Waals surface area (Å²) in [6.07, 6.45) is 5.82. The van der Waals surface area contributed by atoms with Gasteiger partial charge in [-0.3, -0.25) is 9.69 Å². The van der Waals surface area contributed by atoms with Crippen molar-refractivity contribution in [1.29, 1.82) is 0 Å². The first kappa shape index (κ1) is 14.1. The SMILES string of the molecule is Cn1ccc(C(=O)C2CCN(Cc3ccccc3)CC2)c1. The molecule has 1 saturated heterocycles. The van der Waals surface area contributed by atoms with E-state index in [9.17, 15) is 4.79 Å². The molecule has 3 nitrogen and oxygen atoms in total. The molecule has 1 aromatic carbocycles. The van der Waals surface area contributed by atoms with Crippen molar-refractivity contribution in [3.8, 4) is 0 Å². The molecule has 0 spiro atoms. The Morgan fingerprint density at radius 3 is 2.48 bits per heavy atom. The van der Waals surface area contributed by atoms with Crippen molar-refractivity contribution >= 4 is 5.78 Å². The molecule has 21 heavy (non-hydrogen) atoms. The molecular formula is C18H22N2O. The zero-order valence-electron chi connectivity index (χ0n) is 12.5. The normalized spacial score (nSPS) is 17.0. The average molecular weight is 282 g/mol. The van der Waals surface area contributed by atoms with Crippen LogP contribution in [0.4, 0.5) is 0 Å². The van der Waals surface area contributed by atoms with Crippen molar-refractivity contribution in [1.82, 2.24) is 9.47 Å². The van der Waals surface area contributed by atoms with Gasteiger partial charge in [0, 0.05) is 37.5 Å². The van der Waals surface area contributed by atoms with Crippen molar-refractivity contribution < 1.29 is 4.79 Å². The molecule has 0 radical (unpaired) electrons.